The smallest absolute Gasteiger partial charge is 0.410 e. The zero-order chi connectivity index (χ0) is 22.6. The summed E-state index contributed by atoms with van der Waals surface area (Å²) in [6.45, 7) is 8.81. The highest BCUT2D eigenvalue weighted by atomic mass is 16.6. The molecule has 166 valence electrons. The van der Waals surface area contributed by atoms with E-state index in [0.717, 1.165) is 17.8 Å². The topological polar surface area (TPSA) is 110 Å². The normalized spacial score (nSPS) is 19.0. The van der Waals surface area contributed by atoms with E-state index in [2.05, 4.69) is 22.2 Å². The number of likely N-dealkylation sites (tertiary alicyclic amines) is 1. The van der Waals surface area contributed by atoms with Crippen LogP contribution in [0.1, 0.15) is 55.9 Å². The molecule has 1 fully saturated rings. The third-order valence-electron chi connectivity index (χ3n) is 5.21. The molecule has 1 saturated heterocycles. The summed E-state index contributed by atoms with van der Waals surface area (Å²) in [5.74, 6) is -0.368. The molecule has 3 heterocycles. The molecule has 0 aromatic carbocycles. The van der Waals surface area contributed by atoms with E-state index in [1.54, 1.807) is 11.1 Å². The van der Waals surface area contributed by atoms with Gasteiger partial charge in [-0.05, 0) is 51.3 Å². The largest absolute Gasteiger partial charge is 0.444 e. The van der Waals surface area contributed by atoms with E-state index >= 15 is 0 Å². The molecule has 2 atom stereocenters. The fourth-order valence-electron chi connectivity index (χ4n) is 3.65. The number of pyridine rings is 2. The maximum atomic E-state index is 12.4. The van der Waals surface area contributed by atoms with Gasteiger partial charge in [-0.15, -0.1) is 0 Å². The number of nitrogens with one attached hydrogen (secondary N) is 1. The lowest BCUT2D eigenvalue weighted by Gasteiger charge is -2.38. The predicted molar refractivity (Wildman–Crippen MR) is 119 cm³/mol. The molecular formula is C23H31N5O3. The van der Waals surface area contributed by atoms with Crippen LogP contribution < -0.4 is 11.1 Å². The number of anilines is 1. The Labute approximate surface area is 183 Å². The van der Waals surface area contributed by atoms with Gasteiger partial charge in [-0.3, -0.25) is 14.8 Å². The van der Waals surface area contributed by atoms with E-state index in [4.69, 9.17) is 10.5 Å². The van der Waals surface area contributed by atoms with Gasteiger partial charge in [0.05, 0.1) is 11.3 Å². The Bertz CT molecular complexity index is 927. The van der Waals surface area contributed by atoms with Crippen LogP contribution in [0, 0.1) is 5.92 Å². The monoisotopic (exact) mass is 425 g/mol. The molecule has 2 aromatic rings. The minimum absolute atomic E-state index is 0.0851. The number of aromatic nitrogens is 2. The molecule has 2 amide bonds. The molecule has 3 N–H and O–H groups in total. The number of rotatable bonds is 5. The zero-order valence-corrected chi connectivity index (χ0v) is 18.6. The quantitative estimate of drug-likeness (QED) is 0.761. The molecule has 8 nitrogen and oxygen atoms in total. The van der Waals surface area contributed by atoms with E-state index in [1.165, 1.54) is 6.20 Å². The zero-order valence-electron chi connectivity index (χ0n) is 18.6. The molecule has 0 aliphatic carbocycles. The number of nitrogens with two attached hydrogens (primary N) is 1. The summed E-state index contributed by atoms with van der Waals surface area (Å²) in [4.78, 5) is 34.8. The van der Waals surface area contributed by atoms with Gasteiger partial charge in [-0.1, -0.05) is 13.0 Å². The number of amides is 2. The molecule has 0 radical (unpaired) electrons. The van der Waals surface area contributed by atoms with Gasteiger partial charge in [0.1, 0.15) is 5.60 Å². The van der Waals surface area contributed by atoms with Crippen LogP contribution in [0.25, 0.3) is 0 Å². The van der Waals surface area contributed by atoms with Gasteiger partial charge in [-0.2, -0.15) is 0 Å². The molecule has 1 aliphatic rings. The van der Waals surface area contributed by atoms with Crippen molar-refractivity contribution < 1.29 is 14.3 Å². The van der Waals surface area contributed by atoms with Crippen molar-refractivity contribution in [1.29, 1.82) is 0 Å². The Morgan fingerprint density at radius 2 is 2.03 bits per heavy atom. The predicted octanol–water partition coefficient (Wildman–Crippen LogP) is 3.22. The molecule has 0 saturated carbocycles. The summed E-state index contributed by atoms with van der Waals surface area (Å²) in [6.07, 6.45) is 4.25. The summed E-state index contributed by atoms with van der Waals surface area (Å²) in [6, 6.07) is 7.68. The first-order chi connectivity index (χ1) is 14.6. The second-order valence-electron chi connectivity index (χ2n) is 9.03. The number of piperidine rings is 1. The van der Waals surface area contributed by atoms with Crippen LogP contribution >= 0.6 is 0 Å². The van der Waals surface area contributed by atoms with Crippen molar-refractivity contribution in [3.8, 4) is 0 Å². The molecule has 31 heavy (non-hydrogen) atoms. The molecule has 0 spiro atoms. The molecule has 1 aliphatic heterocycles. The van der Waals surface area contributed by atoms with Crippen LogP contribution in [0.15, 0.2) is 36.7 Å². The maximum absolute atomic E-state index is 12.4. The van der Waals surface area contributed by atoms with Crippen molar-refractivity contribution in [2.75, 3.05) is 18.4 Å². The number of carbonyl (C=O) groups excluding carboxylic acids is 2. The van der Waals surface area contributed by atoms with Crippen molar-refractivity contribution in [3.63, 3.8) is 0 Å². The van der Waals surface area contributed by atoms with Crippen molar-refractivity contribution >= 4 is 17.7 Å². The van der Waals surface area contributed by atoms with Crippen molar-refractivity contribution in [3.05, 3.63) is 53.6 Å². The Balaban J connectivity index is 1.71. The van der Waals surface area contributed by atoms with Crippen LogP contribution in [-0.4, -0.2) is 51.6 Å². The lowest BCUT2D eigenvalue weighted by Crippen LogP contribution is -2.49. The number of ether oxygens (including phenoxy) is 1. The van der Waals surface area contributed by atoms with Gasteiger partial charge in [0.15, 0.2) is 0 Å². The van der Waals surface area contributed by atoms with Crippen molar-refractivity contribution in [1.82, 2.24) is 14.9 Å². The highest BCUT2D eigenvalue weighted by Crippen LogP contribution is 2.25. The highest BCUT2D eigenvalue weighted by molar-refractivity contribution is 5.98. The Morgan fingerprint density at radius 1 is 1.26 bits per heavy atom. The standard InChI is InChI=1S/C23H31N5O3/c1-15-14-28(22(30)31-23(2,3)4)10-8-19(15)27-20-12-17(26-13-18(20)21(24)29)11-16-7-5-6-9-25-16/h5-7,9,12-13,15,19H,8,10-11,14H2,1-4H3,(H2,24,29)(H,26,27)/t15-,19+/m0/s1. The van der Waals surface area contributed by atoms with Gasteiger partial charge < -0.3 is 20.7 Å². The number of hydrogen-bond donors (Lipinski definition) is 2. The summed E-state index contributed by atoms with van der Waals surface area (Å²) in [7, 11) is 0. The van der Waals surface area contributed by atoms with E-state index in [9.17, 15) is 9.59 Å². The second kappa shape index (κ2) is 9.32. The van der Waals surface area contributed by atoms with Crippen molar-refractivity contribution in [2.45, 2.75) is 52.2 Å². The van der Waals surface area contributed by atoms with E-state index in [1.807, 2.05) is 45.0 Å². The Morgan fingerprint density at radius 3 is 2.65 bits per heavy atom. The van der Waals surface area contributed by atoms with Crippen LogP contribution in [0.2, 0.25) is 0 Å². The summed E-state index contributed by atoms with van der Waals surface area (Å²) < 4.78 is 5.49. The summed E-state index contributed by atoms with van der Waals surface area (Å²) in [5.41, 5.74) is 7.76. The van der Waals surface area contributed by atoms with Gasteiger partial charge >= 0.3 is 6.09 Å². The Kier molecular flexibility index (Phi) is 6.77. The van der Waals surface area contributed by atoms with Gasteiger partial charge in [0, 0.05) is 49.3 Å². The van der Waals surface area contributed by atoms with Gasteiger partial charge in [0.2, 0.25) is 0 Å². The lowest BCUT2D eigenvalue weighted by atomic mass is 9.93. The number of hydrogen-bond acceptors (Lipinski definition) is 6. The fourth-order valence-corrected chi connectivity index (χ4v) is 3.65. The second-order valence-corrected chi connectivity index (χ2v) is 9.03. The summed E-state index contributed by atoms with van der Waals surface area (Å²) in [5, 5.41) is 3.47. The highest BCUT2D eigenvalue weighted by Gasteiger charge is 2.31. The van der Waals surface area contributed by atoms with E-state index in [-0.39, 0.29) is 18.1 Å². The molecule has 0 bridgehead atoms. The average molecular weight is 426 g/mol. The third-order valence-corrected chi connectivity index (χ3v) is 5.21. The average Bonchev–Trinajstić information content (AvgIpc) is 2.69. The van der Waals surface area contributed by atoms with Crippen LogP contribution in [0.4, 0.5) is 10.5 Å². The Hall–Kier alpha value is -3.16. The minimum Gasteiger partial charge on any atom is -0.444 e. The first-order valence-corrected chi connectivity index (χ1v) is 10.6. The van der Waals surface area contributed by atoms with Crippen molar-refractivity contribution in [2.24, 2.45) is 11.7 Å². The molecular weight excluding hydrogens is 394 g/mol. The summed E-state index contributed by atoms with van der Waals surface area (Å²) >= 11 is 0. The van der Waals surface area contributed by atoms with Crippen LogP contribution in [0.5, 0.6) is 0 Å². The molecule has 8 heteroatoms. The molecule has 2 aromatic heterocycles. The fraction of sp³-hybridized carbons (Fsp3) is 0.478. The van der Waals surface area contributed by atoms with Crippen LogP contribution in [0.3, 0.4) is 0 Å². The lowest BCUT2D eigenvalue weighted by molar-refractivity contribution is 0.0165. The molecule has 0 unspecified atom stereocenters. The van der Waals surface area contributed by atoms with E-state index in [0.29, 0.717) is 30.8 Å². The first kappa shape index (κ1) is 22.5. The van der Waals surface area contributed by atoms with E-state index < -0.39 is 11.5 Å². The first-order valence-electron chi connectivity index (χ1n) is 10.6. The minimum atomic E-state index is -0.529. The SMILES string of the molecule is C[C@H]1CN(C(=O)OC(C)(C)C)CC[C@H]1Nc1cc(Cc2ccccn2)ncc1C(N)=O. The van der Waals surface area contributed by atoms with Gasteiger partial charge in [0.25, 0.3) is 5.91 Å². The third kappa shape index (κ3) is 6.16. The van der Waals surface area contributed by atoms with Crippen LogP contribution in [-0.2, 0) is 11.2 Å². The molecule has 3 rings (SSSR count). The number of primary amides is 1. The number of nitrogens with zero attached hydrogens (tertiary/aromatic N) is 3. The maximum Gasteiger partial charge on any atom is 0.410 e. The number of carbonyl (C=O) groups is 2. The van der Waals surface area contributed by atoms with Gasteiger partial charge in [-0.25, -0.2) is 4.79 Å².